The van der Waals surface area contributed by atoms with Crippen LogP contribution in [0.4, 0.5) is 18.9 Å². The van der Waals surface area contributed by atoms with E-state index in [1.807, 2.05) is 31.2 Å². The third-order valence-electron chi connectivity index (χ3n) is 4.53. The smallest absolute Gasteiger partial charge is 0.352 e. The van der Waals surface area contributed by atoms with Gasteiger partial charge in [-0.3, -0.25) is 9.59 Å². The number of aryl methyl sites for hydroxylation is 1. The molecule has 2 aromatic carbocycles. The third-order valence-corrected chi connectivity index (χ3v) is 4.53. The average Bonchev–Trinajstić information content (AvgIpc) is 3.42. The van der Waals surface area contributed by atoms with Crippen molar-refractivity contribution in [2.24, 2.45) is 11.8 Å². The number of carbonyl (C=O) groups excluding carboxylic acids is 2. The molecule has 7 heteroatoms. The van der Waals surface area contributed by atoms with Crippen LogP contribution in [0.15, 0.2) is 48.5 Å². The summed E-state index contributed by atoms with van der Waals surface area (Å²) in [5, 5.41) is 5.37. The van der Waals surface area contributed by atoms with Gasteiger partial charge in [0.05, 0.1) is 17.4 Å². The molecule has 0 saturated heterocycles. The average molecular weight is 376 g/mol. The van der Waals surface area contributed by atoms with E-state index in [4.69, 9.17) is 0 Å². The monoisotopic (exact) mass is 376 g/mol. The number of rotatable bonds is 5. The predicted molar refractivity (Wildman–Crippen MR) is 94.7 cm³/mol. The van der Waals surface area contributed by atoms with Gasteiger partial charge in [-0.15, -0.1) is 0 Å². The van der Waals surface area contributed by atoms with Crippen molar-refractivity contribution in [2.45, 2.75) is 26.1 Å². The Balaban J connectivity index is 1.48. The molecule has 2 N–H and O–H groups in total. The Morgan fingerprint density at radius 2 is 1.56 bits per heavy atom. The molecule has 1 fully saturated rings. The topological polar surface area (TPSA) is 58.2 Å². The number of anilines is 1. The van der Waals surface area contributed by atoms with E-state index in [-0.39, 0.29) is 17.5 Å². The number of amides is 2. The standard InChI is InChI=1S/C20H19F3N2O2/c1-12-2-4-13(5-3-12)11-24-18(26)16-10-17(16)19(27)25-15-8-6-14(7-9-15)20(21,22)23/h2-9,16-17H,10-11H2,1H3,(H,24,26)(H,25,27). The summed E-state index contributed by atoms with van der Waals surface area (Å²) < 4.78 is 37.6. The van der Waals surface area contributed by atoms with Crippen LogP contribution in [-0.2, 0) is 22.3 Å². The maximum absolute atomic E-state index is 12.5. The minimum Gasteiger partial charge on any atom is -0.352 e. The predicted octanol–water partition coefficient (Wildman–Crippen LogP) is 3.90. The highest BCUT2D eigenvalue weighted by Crippen LogP contribution is 2.39. The molecule has 0 heterocycles. The lowest BCUT2D eigenvalue weighted by Crippen LogP contribution is -2.27. The van der Waals surface area contributed by atoms with E-state index in [1.54, 1.807) is 0 Å². The summed E-state index contributed by atoms with van der Waals surface area (Å²) in [7, 11) is 0. The van der Waals surface area contributed by atoms with Crippen LogP contribution in [-0.4, -0.2) is 11.8 Å². The van der Waals surface area contributed by atoms with Crippen LogP contribution in [0.1, 0.15) is 23.1 Å². The Bertz CT molecular complexity index is 830. The summed E-state index contributed by atoms with van der Waals surface area (Å²) in [6.45, 7) is 2.37. The first-order valence-electron chi connectivity index (χ1n) is 8.55. The molecule has 4 nitrogen and oxygen atoms in total. The first-order valence-corrected chi connectivity index (χ1v) is 8.55. The molecule has 0 spiro atoms. The fourth-order valence-electron chi connectivity index (χ4n) is 2.78. The molecule has 1 aliphatic rings. The van der Waals surface area contributed by atoms with Gasteiger partial charge in [0, 0.05) is 12.2 Å². The Kier molecular flexibility index (Phi) is 5.21. The molecule has 0 bridgehead atoms. The Morgan fingerprint density at radius 1 is 0.963 bits per heavy atom. The molecule has 1 saturated carbocycles. The molecule has 27 heavy (non-hydrogen) atoms. The van der Waals surface area contributed by atoms with Crippen molar-refractivity contribution in [2.75, 3.05) is 5.32 Å². The molecule has 0 aromatic heterocycles. The van der Waals surface area contributed by atoms with E-state index >= 15 is 0 Å². The summed E-state index contributed by atoms with van der Waals surface area (Å²) in [6.07, 6.45) is -3.98. The third kappa shape index (κ3) is 4.87. The van der Waals surface area contributed by atoms with Crippen molar-refractivity contribution in [1.29, 1.82) is 0 Å². The number of hydrogen-bond donors (Lipinski definition) is 2. The van der Waals surface area contributed by atoms with Crippen LogP contribution in [0, 0.1) is 18.8 Å². The maximum Gasteiger partial charge on any atom is 0.416 e. The van der Waals surface area contributed by atoms with Crippen molar-refractivity contribution in [3.63, 3.8) is 0 Å². The molecule has 2 amide bonds. The summed E-state index contributed by atoms with van der Waals surface area (Å²) in [5.41, 5.74) is 1.60. The molecule has 2 atom stereocenters. The minimum atomic E-state index is -4.42. The Morgan fingerprint density at radius 3 is 2.15 bits per heavy atom. The van der Waals surface area contributed by atoms with Gasteiger partial charge in [-0.05, 0) is 43.2 Å². The van der Waals surface area contributed by atoms with Crippen molar-refractivity contribution in [1.82, 2.24) is 5.32 Å². The van der Waals surface area contributed by atoms with Gasteiger partial charge < -0.3 is 10.6 Å². The zero-order chi connectivity index (χ0) is 19.6. The zero-order valence-electron chi connectivity index (χ0n) is 14.6. The lowest BCUT2D eigenvalue weighted by atomic mass is 10.1. The Labute approximate surface area is 154 Å². The van der Waals surface area contributed by atoms with Gasteiger partial charge in [0.2, 0.25) is 11.8 Å². The van der Waals surface area contributed by atoms with Crippen LogP contribution in [0.25, 0.3) is 0 Å². The normalized spacial score (nSPS) is 18.7. The largest absolute Gasteiger partial charge is 0.416 e. The van der Waals surface area contributed by atoms with Gasteiger partial charge in [-0.1, -0.05) is 29.8 Å². The lowest BCUT2D eigenvalue weighted by Gasteiger charge is -2.09. The second-order valence-corrected chi connectivity index (χ2v) is 6.72. The van der Waals surface area contributed by atoms with Gasteiger partial charge in [0.25, 0.3) is 0 Å². The highest BCUT2D eigenvalue weighted by Gasteiger charge is 2.47. The van der Waals surface area contributed by atoms with E-state index in [1.165, 1.54) is 12.1 Å². The Hall–Kier alpha value is -2.83. The van der Waals surface area contributed by atoms with Gasteiger partial charge in [-0.25, -0.2) is 0 Å². The molecule has 3 rings (SSSR count). The number of nitrogens with one attached hydrogen (secondary N) is 2. The summed E-state index contributed by atoms with van der Waals surface area (Å²) >= 11 is 0. The van der Waals surface area contributed by atoms with E-state index in [0.29, 0.717) is 13.0 Å². The summed E-state index contributed by atoms with van der Waals surface area (Å²) in [6, 6.07) is 12.0. The van der Waals surface area contributed by atoms with Gasteiger partial charge in [-0.2, -0.15) is 13.2 Å². The molecule has 2 aromatic rings. The van der Waals surface area contributed by atoms with E-state index in [9.17, 15) is 22.8 Å². The molecular weight excluding hydrogens is 357 g/mol. The SMILES string of the molecule is Cc1ccc(CNC(=O)C2CC2C(=O)Nc2ccc(C(F)(F)F)cc2)cc1. The highest BCUT2D eigenvalue weighted by molar-refractivity contribution is 5.99. The first kappa shape index (κ1) is 18.9. The van der Waals surface area contributed by atoms with Crippen LogP contribution in [0.2, 0.25) is 0 Å². The quantitative estimate of drug-likeness (QED) is 0.831. The van der Waals surface area contributed by atoms with E-state index in [2.05, 4.69) is 10.6 Å². The van der Waals surface area contributed by atoms with Crippen molar-refractivity contribution in [3.05, 3.63) is 65.2 Å². The van der Waals surface area contributed by atoms with E-state index < -0.39 is 23.6 Å². The fraction of sp³-hybridized carbons (Fsp3) is 0.300. The number of hydrogen-bond acceptors (Lipinski definition) is 2. The lowest BCUT2D eigenvalue weighted by molar-refractivity contribution is -0.137. The zero-order valence-corrected chi connectivity index (χ0v) is 14.6. The number of alkyl halides is 3. The van der Waals surface area contributed by atoms with Crippen LogP contribution < -0.4 is 10.6 Å². The second-order valence-electron chi connectivity index (χ2n) is 6.72. The molecule has 0 aliphatic heterocycles. The summed E-state index contributed by atoms with van der Waals surface area (Å²) in [4.78, 5) is 24.3. The van der Waals surface area contributed by atoms with Crippen LogP contribution in [0.3, 0.4) is 0 Å². The number of benzene rings is 2. The maximum atomic E-state index is 12.5. The van der Waals surface area contributed by atoms with Gasteiger partial charge in [0.15, 0.2) is 0 Å². The molecule has 142 valence electrons. The van der Waals surface area contributed by atoms with Gasteiger partial charge in [0.1, 0.15) is 0 Å². The first-order chi connectivity index (χ1) is 12.7. The van der Waals surface area contributed by atoms with E-state index in [0.717, 1.165) is 23.3 Å². The summed E-state index contributed by atoms with van der Waals surface area (Å²) in [5.74, 6) is -1.40. The highest BCUT2D eigenvalue weighted by atomic mass is 19.4. The molecule has 0 radical (unpaired) electrons. The van der Waals surface area contributed by atoms with Crippen molar-refractivity contribution >= 4 is 17.5 Å². The number of halogens is 3. The van der Waals surface area contributed by atoms with Crippen LogP contribution in [0.5, 0.6) is 0 Å². The minimum absolute atomic E-state index is 0.192. The molecular formula is C20H19F3N2O2. The fourth-order valence-corrected chi connectivity index (χ4v) is 2.78. The molecule has 2 unspecified atom stereocenters. The van der Waals surface area contributed by atoms with Crippen LogP contribution >= 0.6 is 0 Å². The number of carbonyl (C=O) groups is 2. The molecule has 1 aliphatic carbocycles. The van der Waals surface area contributed by atoms with Crippen molar-refractivity contribution in [3.8, 4) is 0 Å². The second kappa shape index (κ2) is 7.42. The van der Waals surface area contributed by atoms with Gasteiger partial charge >= 0.3 is 6.18 Å². The van der Waals surface area contributed by atoms with Crippen molar-refractivity contribution < 1.29 is 22.8 Å².